The van der Waals surface area contributed by atoms with E-state index in [-0.39, 0.29) is 5.91 Å². The molecule has 0 aromatic heterocycles. The van der Waals surface area contributed by atoms with Gasteiger partial charge in [-0.25, -0.2) is 0 Å². The number of piperidine rings is 2. The molecule has 1 amide bonds. The second kappa shape index (κ2) is 9.75. The molecule has 2 heterocycles. The summed E-state index contributed by atoms with van der Waals surface area (Å²) in [6.45, 7) is 7.94. The third kappa shape index (κ3) is 4.58. The van der Waals surface area contributed by atoms with Crippen LogP contribution in [0.3, 0.4) is 0 Å². The van der Waals surface area contributed by atoms with E-state index in [1.54, 1.807) is 0 Å². The molecule has 1 aromatic rings. The summed E-state index contributed by atoms with van der Waals surface area (Å²) in [6.07, 6.45) is 16.0. The number of hydrogen-bond donors (Lipinski definition) is 0. The molecule has 2 aliphatic carbocycles. The van der Waals surface area contributed by atoms with Crippen LogP contribution >= 0.6 is 0 Å². The van der Waals surface area contributed by atoms with E-state index >= 15 is 0 Å². The van der Waals surface area contributed by atoms with E-state index in [2.05, 4.69) is 45.9 Å². The molecule has 32 heavy (non-hydrogen) atoms. The van der Waals surface area contributed by atoms with Crippen LogP contribution in [0.4, 0.5) is 5.69 Å². The van der Waals surface area contributed by atoms with Gasteiger partial charge in [0.15, 0.2) is 0 Å². The highest BCUT2D eigenvalue weighted by atomic mass is 16.2. The predicted octanol–water partition coefficient (Wildman–Crippen LogP) is 5.72. The van der Waals surface area contributed by atoms with E-state index in [1.165, 1.54) is 109 Å². The standard InChI is InChI=1S/C28H43N3O/c1-2-31(26-7-4-3-5-8-26)27(32)23-11-13-25(14-12-23)30-21-17-28(18-22-30)15-19-29(20-16-28)24-9-6-10-24/h11-14,24,26H,2-10,15-22H2,1H3. The largest absolute Gasteiger partial charge is 0.371 e. The molecule has 0 atom stereocenters. The van der Waals surface area contributed by atoms with Gasteiger partial charge in [-0.15, -0.1) is 0 Å². The van der Waals surface area contributed by atoms with Gasteiger partial charge in [-0.1, -0.05) is 25.7 Å². The van der Waals surface area contributed by atoms with Gasteiger partial charge in [0.05, 0.1) is 0 Å². The molecule has 4 aliphatic rings. The Kier molecular flexibility index (Phi) is 6.78. The summed E-state index contributed by atoms with van der Waals surface area (Å²) in [5, 5.41) is 0. The highest BCUT2D eigenvalue weighted by Gasteiger charge is 2.39. The molecule has 1 spiro atoms. The molecule has 0 bridgehead atoms. The lowest BCUT2D eigenvalue weighted by Gasteiger charge is -2.50. The van der Waals surface area contributed by atoms with Crippen LogP contribution in [0.1, 0.15) is 94.3 Å². The minimum Gasteiger partial charge on any atom is -0.371 e. The van der Waals surface area contributed by atoms with Gasteiger partial charge < -0.3 is 14.7 Å². The minimum atomic E-state index is 0.224. The summed E-state index contributed by atoms with van der Waals surface area (Å²) in [7, 11) is 0. The quantitative estimate of drug-likeness (QED) is 0.590. The summed E-state index contributed by atoms with van der Waals surface area (Å²) in [5.41, 5.74) is 2.75. The van der Waals surface area contributed by atoms with Crippen molar-refractivity contribution in [2.24, 2.45) is 5.41 Å². The first-order valence-corrected chi connectivity index (χ1v) is 13.6. The SMILES string of the molecule is CCN(C(=O)c1ccc(N2CCC3(CC2)CCN(C2CCC2)CC3)cc1)C1CCCCC1. The monoisotopic (exact) mass is 437 g/mol. The Labute approximate surface area is 195 Å². The molecular formula is C28H43N3O. The van der Waals surface area contributed by atoms with E-state index in [9.17, 15) is 4.79 Å². The van der Waals surface area contributed by atoms with Gasteiger partial charge in [-0.2, -0.15) is 0 Å². The van der Waals surface area contributed by atoms with E-state index in [0.717, 1.165) is 18.2 Å². The molecule has 2 aliphatic heterocycles. The Balaban J connectivity index is 1.15. The van der Waals surface area contributed by atoms with Gasteiger partial charge in [0, 0.05) is 43.0 Å². The highest BCUT2D eigenvalue weighted by Crippen LogP contribution is 2.43. The van der Waals surface area contributed by atoms with Gasteiger partial charge in [-0.3, -0.25) is 4.79 Å². The molecule has 0 N–H and O–H groups in total. The van der Waals surface area contributed by atoms with E-state index in [1.807, 2.05) is 0 Å². The summed E-state index contributed by atoms with van der Waals surface area (Å²) < 4.78 is 0. The van der Waals surface area contributed by atoms with Gasteiger partial charge >= 0.3 is 0 Å². The summed E-state index contributed by atoms with van der Waals surface area (Å²) in [5.74, 6) is 0.224. The zero-order valence-electron chi connectivity index (χ0n) is 20.2. The van der Waals surface area contributed by atoms with Crippen LogP contribution in [-0.2, 0) is 0 Å². The third-order valence-electron chi connectivity index (χ3n) is 9.37. The van der Waals surface area contributed by atoms with Gasteiger partial charge in [0.2, 0.25) is 0 Å². The lowest BCUT2D eigenvalue weighted by Crippen LogP contribution is -2.50. The Morgan fingerprint density at radius 1 is 0.875 bits per heavy atom. The van der Waals surface area contributed by atoms with Crippen molar-refractivity contribution in [1.82, 2.24) is 9.80 Å². The fourth-order valence-electron chi connectivity index (χ4n) is 6.80. The maximum Gasteiger partial charge on any atom is 0.254 e. The normalized spacial score (nSPS) is 25.0. The molecule has 4 fully saturated rings. The average molecular weight is 438 g/mol. The maximum atomic E-state index is 13.2. The zero-order chi connectivity index (χ0) is 22.0. The topological polar surface area (TPSA) is 26.8 Å². The molecule has 2 saturated carbocycles. The van der Waals surface area contributed by atoms with Crippen molar-refractivity contribution in [2.45, 2.75) is 96.1 Å². The fraction of sp³-hybridized carbons (Fsp3) is 0.750. The first kappa shape index (κ1) is 22.3. The second-order valence-electron chi connectivity index (χ2n) is 11.0. The summed E-state index contributed by atoms with van der Waals surface area (Å²) >= 11 is 0. The Bertz CT molecular complexity index is 747. The first-order valence-electron chi connectivity index (χ1n) is 13.6. The van der Waals surface area contributed by atoms with Crippen LogP contribution in [0.15, 0.2) is 24.3 Å². The predicted molar refractivity (Wildman–Crippen MR) is 132 cm³/mol. The molecular weight excluding hydrogens is 394 g/mol. The summed E-state index contributed by atoms with van der Waals surface area (Å²) in [6, 6.07) is 9.89. The molecule has 5 rings (SSSR count). The number of hydrogen-bond acceptors (Lipinski definition) is 3. The number of rotatable bonds is 5. The molecule has 2 saturated heterocycles. The smallest absolute Gasteiger partial charge is 0.254 e. The van der Waals surface area contributed by atoms with E-state index < -0.39 is 0 Å². The third-order valence-corrected chi connectivity index (χ3v) is 9.37. The van der Waals surface area contributed by atoms with Crippen LogP contribution in [-0.4, -0.2) is 60.5 Å². The van der Waals surface area contributed by atoms with Gasteiger partial charge in [0.1, 0.15) is 0 Å². The highest BCUT2D eigenvalue weighted by molar-refractivity contribution is 5.94. The Hall–Kier alpha value is -1.55. The van der Waals surface area contributed by atoms with Gasteiger partial charge in [-0.05, 0) is 101 Å². The average Bonchev–Trinajstić information content (AvgIpc) is 2.81. The number of carbonyl (C=O) groups is 1. The lowest BCUT2D eigenvalue weighted by atomic mass is 9.70. The molecule has 0 radical (unpaired) electrons. The van der Waals surface area contributed by atoms with Crippen molar-refractivity contribution < 1.29 is 4.79 Å². The number of likely N-dealkylation sites (tertiary alicyclic amines) is 1. The maximum absolute atomic E-state index is 13.2. The number of benzene rings is 1. The van der Waals surface area contributed by atoms with Crippen molar-refractivity contribution in [3.63, 3.8) is 0 Å². The van der Waals surface area contributed by atoms with E-state index in [0.29, 0.717) is 11.5 Å². The van der Waals surface area contributed by atoms with Crippen molar-refractivity contribution in [2.75, 3.05) is 37.6 Å². The molecule has 176 valence electrons. The van der Waals surface area contributed by atoms with Crippen LogP contribution in [0.5, 0.6) is 0 Å². The number of anilines is 1. The van der Waals surface area contributed by atoms with E-state index in [4.69, 9.17) is 0 Å². The van der Waals surface area contributed by atoms with Crippen molar-refractivity contribution in [3.05, 3.63) is 29.8 Å². The van der Waals surface area contributed by atoms with Crippen LogP contribution < -0.4 is 4.90 Å². The Morgan fingerprint density at radius 3 is 2.06 bits per heavy atom. The van der Waals surface area contributed by atoms with Crippen molar-refractivity contribution in [1.29, 1.82) is 0 Å². The zero-order valence-corrected chi connectivity index (χ0v) is 20.2. The number of amides is 1. The van der Waals surface area contributed by atoms with Crippen LogP contribution in [0.25, 0.3) is 0 Å². The molecule has 4 nitrogen and oxygen atoms in total. The van der Waals surface area contributed by atoms with Crippen molar-refractivity contribution in [3.8, 4) is 0 Å². The van der Waals surface area contributed by atoms with Crippen LogP contribution in [0.2, 0.25) is 0 Å². The molecule has 1 aromatic carbocycles. The Morgan fingerprint density at radius 2 is 1.50 bits per heavy atom. The van der Waals surface area contributed by atoms with Gasteiger partial charge in [0.25, 0.3) is 5.91 Å². The molecule has 0 unspecified atom stereocenters. The van der Waals surface area contributed by atoms with Crippen molar-refractivity contribution >= 4 is 11.6 Å². The summed E-state index contributed by atoms with van der Waals surface area (Å²) in [4.78, 5) is 20.6. The minimum absolute atomic E-state index is 0.224. The first-order chi connectivity index (χ1) is 15.7. The molecule has 4 heteroatoms. The number of nitrogens with zero attached hydrogens (tertiary/aromatic N) is 3. The number of carbonyl (C=O) groups excluding carboxylic acids is 1. The lowest BCUT2D eigenvalue weighted by molar-refractivity contribution is 0.0306. The van der Waals surface area contributed by atoms with Crippen LogP contribution in [0, 0.1) is 5.41 Å². The fourth-order valence-corrected chi connectivity index (χ4v) is 6.80. The second-order valence-corrected chi connectivity index (χ2v) is 11.0.